The molecule has 2 aromatic rings. The van der Waals surface area contributed by atoms with E-state index in [0.717, 1.165) is 4.88 Å². The summed E-state index contributed by atoms with van der Waals surface area (Å²) in [4.78, 5) is 13.3. The smallest absolute Gasteiger partial charge is 0.241 e. The fourth-order valence-corrected chi connectivity index (χ4v) is 3.99. The first-order valence-electron chi connectivity index (χ1n) is 7.33. The van der Waals surface area contributed by atoms with E-state index in [0.29, 0.717) is 5.75 Å². The number of rotatable bonds is 7. The highest BCUT2D eigenvalue weighted by Crippen LogP contribution is 2.18. The van der Waals surface area contributed by atoms with Gasteiger partial charge in [-0.05, 0) is 49.6 Å². The van der Waals surface area contributed by atoms with Gasteiger partial charge in [-0.3, -0.25) is 4.79 Å². The van der Waals surface area contributed by atoms with Gasteiger partial charge in [-0.1, -0.05) is 6.07 Å². The van der Waals surface area contributed by atoms with Gasteiger partial charge in [-0.25, -0.2) is 8.42 Å². The Labute approximate surface area is 145 Å². The summed E-state index contributed by atoms with van der Waals surface area (Å²) in [5, 5.41) is 4.72. The SMILES string of the molecule is COc1ccc(S(=O)(=O)N[C@@H](C)C(=O)N[C@H](C)c2cccs2)cc1. The Kier molecular flexibility index (Phi) is 5.98. The van der Waals surface area contributed by atoms with E-state index in [1.54, 1.807) is 12.1 Å². The first-order chi connectivity index (χ1) is 11.3. The number of ether oxygens (including phenoxy) is 1. The summed E-state index contributed by atoms with van der Waals surface area (Å²) in [5.74, 6) is 0.178. The molecule has 0 bridgehead atoms. The fraction of sp³-hybridized carbons (Fsp3) is 0.312. The van der Waals surface area contributed by atoms with Gasteiger partial charge in [0.1, 0.15) is 5.75 Å². The van der Waals surface area contributed by atoms with Gasteiger partial charge in [0, 0.05) is 4.88 Å². The molecule has 6 nitrogen and oxygen atoms in total. The molecule has 0 spiro atoms. The quantitative estimate of drug-likeness (QED) is 0.785. The van der Waals surface area contributed by atoms with E-state index in [1.807, 2.05) is 24.4 Å². The standard InChI is InChI=1S/C16H20N2O4S2/c1-11(15-5-4-10-23-15)17-16(19)12(2)18-24(20,21)14-8-6-13(22-3)7-9-14/h4-12,18H,1-3H3,(H,17,19)/t11-,12+/m1/s1. The lowest BCUT2D eigenvalue weighted by molar-refractivity contribution is -0.122. The van der Waals surface area contributed by atoms with Crippen LogP contribution in [0.4, 0.5) is 0 Å². The molecule has 2 N–H and O–H groups in total. The lowest BCUT2D eigenvalue weighted by Crippen LogP contribution is -2.45. The Balaban J connectivity index is 2.01. The number of sulfonamides is 1. The number of thiophene rings is 1. The van der Waals surface area contributed by atoms with Crippen LogP contribution in [0.3, 0.4) is 0 Å². The number of hydrogen-bond acceptors (Lipinski definition) is 5. The zero-order valence-electron chi connectivity index (χ0n) is 13.6. The summed E-state index contributed by atoms with van der Waals surface area (Å²) >= 11 is 1.53. The Bertz CT molecular complexity index is 771. The van der Waals surface area contributed by atoms with E-state index >= 15 is 0 Å². The van der Waals surface area contributed by atoms with Crippen LogP contribution in [-0.4, -0.2) is 27.5 Å². The maximum atomic E-state index is 12.3. The van der Waals surface area contributed by atoms with Crippen molar-refractivity contribution >= 4 is 27.3 Å². The van der Waals surface area contributed by atoms with Gasteiger partial charge in [-0.2, -0.15) is 4.72 Å². The minimum absolute atomic E-state index is 0.0780. The number of amides is 1. The predicted octanol–water partition coefficient (Wildman–Crippen LogP) is 2.30. The van der Waals surface area contributed by atoms with E-state index in [9.17, 15) is 13.2 Å². The molecule has 1 heterocycles. The molecule has 8 heteroatoms. The van der Waals surface area contributed by atoms with E-state index in [1.165, 1.54) is 37.5 Å². The molecule has 0 fully saturated rings. The summed E-state index contributed by atoms with van der Waals surface area (Å²) in [6.45, 7) is 3.37. The van der Waals surface area contributed by atoms with E-state index in [2.05, 4.69) is 10.0 Å². The van der Waals surface area contributed by atoms with Crippen LogP contribution in [0.15, 0.2) is 46.7 Å². The molecule has 0 radical (unpaired) electrons. The molecule has 0 aliphatic rings. The van der Waals surface area contributed by atoms with Crippen molar-refractivity contribution in [3.63, 3.8) is 0 Å². The van der Waals surface area contributed by atoms with Crippen LogP contribution in [-0.2, 0) is 14.8 Å². The number of nitrogens with one attached hydrogen (secondary N) is 2. The highest BCUT2D eigenvalue weighted by molar-refractivity contribution is 7.89. The van der Waals surface area contributed by atoms with Gasteiger partial charge in [0.25, 0.3) is 0 Å². The third-order valence-corrected chi connectivity index (χ3v) is 6.04. The van der Waals surface area contributed by atoms with Crippen LogP contribution in [0.2, 0.25) is 0 Å². The van der Waals surface area contributed by atoms with Gasteiger partial charge in [-0.15, -0.1) is 11.3 Å². The van der Waals surface area contributed by atoms with Crippen molar-refractivity contribution < 1.29 is 17.9 Å². The van der Waals surface area contributed by atoms with Crippen molar-refractivity contribution in [3.05, 3.63) is 46.7 Å². The number of methoxy groups -OCH3 is 1. The molecule has 1 aromatic carbocycles. The Morgan fingerprint density at radius 1 is 1.17 bits per heavy atom. The first-order valence-corrected chi connectivity index (χ1v) is 9.70. The first kappa shape index (κ1) is 18.4. The van der Waals surface area contributed by atoms with Crippen molar-refractivity contribution in [1.29, 1.82) is 0 Å². The zero-order valence-corrected chi connectivity index (χ0v) is 15.3. The fourth-order valence-electron chi connectivity index (χ4n) is 2.06. The lowest BCUT2D eigenvalue weighted by Gasteiger charge is -2.18. The van der Waals surface area contributed by atoms with Crippen LogP contribution in [0.25, 0.3) is 0 Å². The molecule has 1 aromatic heterocycles. The third kappa shape index (κ3) is 4.56. The average Bonchev–Trinajstić information content (AvgIpc) is 3.09. The number of hydrogen-bond donors (Lipinski definition) is 2. The molecule has 1 amide bonds. The molecule has 24 heavy (non-hydrogen) atoms. The van der Waals surface area contributed by atoms with Gasteiger partial charge in [0.15, 0.2) is 0 Å². The van der Waals surface area contributed by atoms with Crippen LogP contribution < -0.4 is 14.8 Å². The van der Waals surface area contributed by atoms with Crippen LogP contribution >= 0.6 is 11.3 Å². The molecule has 0 saturated carbocycles. The van der Waals surface area contributed by atoms with E-state index in [-0.39, 0.29) is 16.8 Å². The van der Waals surface area contributed by atoms with Gasteiger partial charge < -0.3 is 10.1 Å². The number of carbonyl (C=O) groups excluding carboxylic acids is 1. The van der Waals surface area contributed by atoms with E-state index in [4.69, 9.17) is 4.74 Å². The molecule has 130 valence electrons. The Morgan fingerprint density at radius 3 is 2.38 bits per heavy atom. The molecule has 2 atom stereocenters. The Morgan fingerprint density at radius 2 is 1.83 bits per heavy atom. The predicted molar refractivity (Wildman–Crippen MR) is 93.7 cm³/mol. The lowest BCUT2D eigenvalue weighted by atomic mass is 10.2. The highest BCUT2D eigenvalue weighted by Gasteiger charge is 2.23. The number of carbonyl (C=O) groups is 1. The molecule has 0 saturated heterocycles. The summed E-state index contributed by atoms with van der Waals surface area (Å²) in [6.07, 6.45) is 0. The average molecular weight is 368 g/mol. The van der Waals surface area contributed by atoms with E-state index < -0.39 is 16.1 Å². The second kappa shape index (κ2) is 7.78. The summed E-state index contributed by atoms with van der Waals surface area (Å²) in [5.41, 5.74) is 0. The van der Waals surface area contributed by atoms with Gasteiger partial charge in [0.05, 0.1) is 24.1 Å². The molecule has 0 unspecified atom stereocenters. The normalized spacial score (nSPS) is 14.0. The molecular weight excluding hydrogens is 348 g/mol. The highest BCUT2D eigenvalue weighted by atomic mass is 32.2. The van der Waals surface area contributed by atoms with Crippen LogP contribution in [0, 0.1) is 0 Å². The summed E-state index contributed by atoms with van der Waals surface area (Å²) < 4.78 is 32.0. The van der Waals surface area contributed by atoms with Crippen molar-refractivity contribution in [2.24, 2.45) is 0 Å². The van der Waals surface area contributed by atoms with Crippen LogP contribution in [0.5, 0.6) is 5.75 Å². The van der Waals surface area contributed by atoms with Crippen molar-refractivity contribution in [2.45, 2.75) is 30.8 Å². The van der Waals surface area contributed by atoms with Gasteiger partial charge in [0.2, 0.25) is 15.9 Å². The van der Waals surface area contributed by atoms with Crippen LogP contribution in [0.1, 0.15) is 24.8 Å². The molecule has 0 aliphatic heterocycles. The van der Waals surface area contributed by atoms with Crippen molar-refractivity contribution in [2.75, 3.05) is 7.11 Å². The second-order valence-electron chi connectivity index (χ2n) is 5.26. The van der Waals surface area contributed by atoms with Gasteiger partial charge >= 0.3 is 0 Å². The Hall–Kier alpha value is -1.90. The number of benzene rings is 1. The molecular formula is C16H20N2O4S2. The maximum Gasteiger partial charge on any atom is 0.241 e. The van der Waals surface area contributed by atoms with Crippen molar-refractivity contribution in [1.82, 2.24) is 10.0 Å². The second-order valence-corrected chi connectivity index (χ2v) is 7.96. The minimum Gasteiger partial charge on any atom is -0.497 e. The molecule has 2 rings (SSSR count). The largest absolute Gasteiger partial charge is 0.497 e. The monoisotopic (exact) mass is 368 g/mol. The summed E-state index contributed by atoms with van der Waals surface area (Å²) in [6, 6.07) is 8.72. The van der Waals surface area contributed by atoms with Crippen molar-refractivity contribution in [3.8, 4) is 5.75 Å². The zero-order chi connectivity index (χ0) is 17.7. The molecule has 0 aliphatic carbocycles. The maximum absolute atomic E-state index is 12.3. The minimum atomic E-state index is -3.78. The summed E-state index contributed by atoms with van der Waals surface area (Å²) in [7, 11) is -2.28. The third-order valence-electron chi connectivity index (χ3n) is 3.42. The topological polar surface area (TPSA) is 84.5 Å².